The summed E-state index contributed by atoms with van der Waals surface area (Å²) in [6.07, 6.45) is 0.256. The van der Waals surface area contributed by atoms with Gasteiger partial charge >= 0.3 is 12.1 Å². The molecule has 2 aromatic carbocycles. The monoisotopic (exact) mass is 675 g/mol. The van der Waals surface area contributed by atoms with Crippen molar-refractivity contribution in [3.63, 3.8) is 0 Å². The number of benzene rings is 2. The average Bonchev–Trinajstić information content (AvgIpc) is 3.35. The van der Waals surface area contributed by atoms with Gasteiger partial charge in [-0.05, 0) is 81.1 Å². The van der Waals surface area contributed by atoms with E-state index in [4.69, 9.17) is 26.1 Å². The number of halogens is 4. The minimum atomic E-state index is -4.73. The van der Waals surface area contributed by atoms with Crippen LogP contribution in [0.2, 0.25) is 5.02 Å². The van der Waals surface area contributed by atoms with Crippen LogP contribution in [0.4, 0.5) is 13.2 Å². The molecular formula is C34H29ClF3N7O3. The molecule has 2 aliphatic heterocycles. The molecule has 246 valence electrons. The Labute approximate surface area is 278 Å². The Balaban J connectivity index is 1.01. The van der Waals surface area contributed by atoms with Crippen molar-refractivity contribution in [2.45, 2.75) is 63.6 Å². The van der Waals surface area contributed by atoms with Gasteiger partial charge in [0.1, 0.15) is 11.5 Å². The Morgan fingerprint density at radius 1 is 1.06 bits per heavy atom. The number of rotatable bonds is 7. The molecule has 1 unspecified atom stereocenters. The highest BCUT2D eigenvalue weighted by Crippen LogP contribution is 2.50. The van der Waals surface area contributed by atoms with Gasteiger partial charge in [0, 0.05) is 30.8 Å². The molecule has 3 aliphatic rings. The fraction of sp³-hybridized carbons (Fsp3) is 0.382. The number of nitriles is 1. The van der Waals surface area contributed by atoms with Gasteiger partial charge in [-0.1, -0.05) is 28.9 Å². The Kier molecular flexibility index (Phi) is 7.16. The highest BCUT2D eigenvalue weighted by Gasteiger charge is 2.45. The van der Waals surface area contributed by atoms with Gasteiger partial charge in [-0.2, -0.15) is 23.4 Å². The largest absolute Gasteiger partial charge is 0.471 e. The van der Waals surface area contributed by atoms with Crippen molar-refractivity contribution < 1.29 is 27.2 Å². The summed E-state index contributed by atoms with van der Waals surface area (Å²) in [5.74, 6) is -0.141. The highest BCUT2D eigenvalue weighted by molar-refractivity contribution is 6.30. The molecule has 1 atom stereocenters. The maximum Gasteiger partial charge on any atom is 0.471 e. The number of ether oxygens (including phenoxy) is 2. The van der Waals surface area contributed by atoms with Crippen molar-refractivity contribution in [2.24, 2.45) is 5.41 Å². The predicted octanol–water partition coefficient (Wildman–Crippen LogP) is 7.48. The van der Waals surface area contributed by atoms with Crippen molar-refractivity contribution in [2.75, 3.05) is 13.1 Å². The van der Waals surface area contributed by atoms with Gasteiger partial charge in [0.15, 0.2) is 11.5 Å². The van der Waals surface area contributed by atoms with Crippen LogP contribution < -0.4 is 9.47 Å². The lowest BCUT2D eigenvalue weighted by atomic mass is 9.88. The summed E-state index contributed by atoms with van der Waals surface area (Å²) >= 11 is 6.05. The Morgan fingerprint density at radius 2 is 1.88 bits per heavy atom. The Morgan fingerprint density at radius 3 is 2.56 bits per heavy atom. The molecule has 48 heavy (non-hydrogen) atoms. The van der Waals surface area contributed by atoms with Crippen LogP contribution in [0.5, 0.6) is 11.5 Å². The molecular weight excluding hydrogens is 647 g/mol. The number of piperidine rings is 1. The van der Waals surface area contributed by atoms with E-state index in [2.05, 4.69) is 41.3 Å². The van der Waals surface area contributed by atoms with Crippen molar-refractivity contribution >= 4 is 22.6 Å². The summed E-state index contributed by atoms with van der Waals surface area (Å²) < 4.78 is 58.4. The number of hydrogen-bond acceptors (Lipinski definition) is 9. The van der Waals surface area contributed by atoms with Gasteiger partial charge in [-0.25, -0.2) is 4.98 Å². The van der Waals surface area contributed by atoms with Crippen LogP contribution >= 0.6 is 11.6 Å². The second kappa shape index (κ2) is 11.2. The van der Waals surface area contributed by atoms with Gasteiger partial charge < -0.3 is 18.6 Å². The van der Waals surface area contributed by atoms with Crippen molar-refractivity contribution in [3.8, 4) is 29.0 Å². The number of likely N-dealkylation sites (tertiary alicyclic amines) is 1. The third-order valence-corrected chi connectivity index (χ3v) is 9.73. The molecule has 0 radical (unpaired) electrons. The number of pyridine rings is 1. The minimum Gasteiger partial charge on any atom is -0.443 e. The average molecular weight is 676 g/mol. The summed E-state index contributed by atoms with van der Waals surface area (Å²) in [5, 5.41) is 13.9. The first-order valence-corrected chi connectivity index (χ1v) is 16.1. The molecule has 5 aromatic rings. The highest BCUT2D eigenvalue weighted by atomic mass is 35.5. The van der Waals surface area contributed by atoms with Crippen LogP contribution in [-0.4, -0.2) is 42.7 Å². The van der Waals surface area contributed by atoms with E-state index in [1.807, 2.05) is 19.1 Å². The topological polar surface area (TPSA) is 115 Å². The van der Waals surface area contributed by atoms with Crippen LogP contribution in [0.15, 0.2) is 59.3 Å². The van der Waals surface area contributed by atoms with Crippen LogP contribution in [0.1, 0.15) is 61.5 Å². The second-order valence-electron chi connectivity index (χ2n) is 12.9. The quantitative estimate of drug-likeness (QED) is 0.173. The number of alkyl halides is 3. The zero-order valence-electron chi connectivity index (χ0n) is 25.8. The van der Waals surface area contributed by atoms with Crippen LogP contribution in [-0.2, 0) is 25.1 Å². The Bertz CT molecular complexity index is 2060. The summed E-state index contributed by atoms with van der Waals surface area (Å²) in [7, 11) is 0. The first-order valence-electron chi connectivity index (χ1n) is 15.7. The molecule has 1 aliphatic carbocycles. The lowest BCUT2D eigenvalue weighted by molar-refractivity contribution is -0.159. The van der Waals surface area contributed by atoms with E-state index in [0.717, 1.165) is 61.4 Å². The predicted molar refractivity (Wildman–Crippen MR) is 167 cm³/mol. The van der Waals surface area contributed by atoms with Gasteiger partial charge in [-0.15, -0.1) is 0 Å². The van der Waals surface area contributed by atoms with Gasteiger partial charge in [0.2, 0.25) is 5.82 Å². The summed E-state index contributed by atoms with van der Waals surface area (Å²) in [5.41, 5.74) is 3.06. The van der Waals surface area contributed by atoms with E-state index >= 15 is 0 Å². The zero-order valence-corrected chi connectivity index (χ0v) is 26.6. The number of hydrogen-bond donors (Lipinski definition) is 0. The normalized spacial score (nSPS) is 20.7. The molecule has 0 bridgehead atoms. The van der Waals surface area contributed by atoms with E-state index in [-0.39, 0.29) is 11.7 Å². The molecule has 10 nitrogen and oxygen atoms in total. The van der Waals surface area contributed by atoms with E-state index in [0.29, 0.717) is 40.6 Å². The minimum absolute atomic E-state index is 0.162. The SMILES string of the molecule is CC1(c2ccc(Cl)cn2)Oc2cccc(C3CCN(Cc4nc5cc(-c6noc(C(F)(F)F)n6)ccc5n4CC4(C#N)CC4)CC3)c2O1. The molecule has 2 fully saturated rings. The van der Waals surface area contributed by atoms with Gasteiger partial charge in [0.05, 0.1) is 34.1 Å². The lowest BCUT2D eigenvalue weighted by Gasteiger charge is -2.32. The molecule has 14 heteroatoms. The van der Waals surface area contributed by atoms with E-state index < -0.39 is 23.3 Å². The van der Waals surface area contributed by atoms with E-state index in [9.17, 15) is 18.4 Å². The van der Waals surface area contributed by atoms with Crippen molar-refractivity contribution in [1.29, 1.82) is 5.26 Å². The molecule has 0 amide bonds. The molecule has 5 heterocycles. The number of aromatic nitrogens is 5. The summed E-state index contributed by atoms with van der Waals surface area (Å²) in [4.78, 5) is 15.2. The standard InChI is InChI=1S/C34H29ClF3N7O3/c1-32(27-8-6-22(35)16-40-27)46-26-4-2-3-23(29(26)47-32)20-9-13-44(14-10-20)17-28-41-24-15-21(30-42-31(48-43-30)34(36,37)38)5-7-25(24)45(28)19-33(18-39)11-12-33/h2-8,15-16,20H,9-14,17,19H2,1H3. The molecule has 0 spiro atoms. The molecule has 0 N–H and O–H groups in total. The fourth-order valence-electron chi connectivity index (χ4n) is 6.65. The second-order valence-corrected chi connectivity index (χ2v) is 13.3. The van der Waals surface area contributed by atoms with Gasteiger partial charge in [-0.3, -0.25) is 9.88 Å². The van der Waals surface area contributed by atoms with Gasteiger partial charge in [0.25, 0.3) is 5.79 Å². The first kappa shape index (κ1) is 30.7. The molecule has 3 aromatic heterocycles. The first-order chi connectivity index (χ1) is 23.0. The number of nitrogens with zero attached hydrogens (tertiary/aromatic N) is 7. The zero-order chi connectivity index (χ0) is 33.3. The van der Waals surface area contributed by atoms with Crippen LogP contribution in [0.3, 0.4) is 0 Å². The third-order valence-electron chi connectivity index (χ3n) is 9.50. The van der Waals surface area contributed by atoms with E-state index in [1.54, 1.807) is 36.5 Å². The maximum atomic E-state index is 13.1. The summed E-state index contributed by atoms with van der Waals surface area (Å²) in [6.45, 7) is 4.54. The van der Waals surface area contributed by atoms with Crippen molar-refractivity contribution in [3.05, 3.63) is 82.7 Å². The fourth-order valence-corrected chi connectivity index (χ4v) is 6.76. The van der Waals surface area contributed by atoms with E-state index in [1.165, 1.54) is 0 Å². The lowest BCUT2D eigenvalue weighted by Crippen LogP contribution is -2.34. The molecule has 1 saturated heterocycles. The number of para-hydroxylation sites is 1. The number of fused-ring (bicyclic) bond motifs is 2. The summed E-state index contributed by atoms with van der Waals surface area (Å²) in [6, 6.07) is 17.2. The van der Waals surface area contributed by atoms with Crippen molar-refractivity contribution in [1.82, 2.24) is 29.6 Å². The smallest absolute Gasteiger partial charge is 0.443 e. The molecule has 8 rings (SSSR count). The number of imidazole rings is 1. The molecule has 1 saturated carbocycles. The third kappa shape index (κ3) is 5.52. The maximum absolute atomic E-state index is 13.1. The van der Waals surface area contributed by atoms with Crippen LogP contribution in [0, 0.1) is 16.7 Å². The van der Waals surface area contributed by atoms with Crippen LogP contribution in [0.25, 0.3) is 22.4 Å². The Hall–Kier alpha value is -4.67.